The Kier molecular flexibility index (Phi) is 8.41. The van der Waals surface area contributed by atoms with Gasteiger partial charge in [-0.3, -0.25) is 14.9 Å². The lowest BCUT2D eigenvalue weighted by atomic mass is 9.98. The van der Waals surface area contributed by atoms with Crippen LogP contribution in [0.5, 0.6) is 0 Å². The summed E-state index contributed by atoms with van der Waals surface area (Å²) in [6, 6.07) is 17.9. The molecule has 1 saturated heterocycles. The smallest absolute Gasteiger partial charge is 0.109 e. The summed E-state index contributed by atoms with van der Waals surface area (Å²) in [6.45, 7) is 8.85. The summed E-state index contributed by atoms with van der Waals surface area (Å²) in [5.41, 5.74) is 4.88. The molecule has 0 aliphatic carbocycles. The maximum absolute atomic E-state index is 9.92. The van der Waals surface area contributed by atoms with Crippen molar-refractivity contribution < 1.29 is 0 Å². The molecule has 1 aliphatic rings. The molecule has 0 spiro atoms. The van der Waals surface area contributed by atoms with Crippen LogP contribution in [0.4, 0.5) is 17.1 Å². The number of aromatic nitrogens is 5. The molecule has 5 aromatic rings. The molecule has 11 heteroatoms. The molecule has 224 valence electrons. The van der Waals surface area contributed by atoms with Gasteiger partial charge in [-0.25, -0.2) is 4.68 Å². The zero-order valence-corrected chi connectivity index (χ0v) is 26.3. The van der Waals surface area contributed by atoms with Gasteiger partial charge < -0.3 is 10.6 Å². The molecule has 9 nitrogen and oxygen atoms in total. The Bertz CT molecular complexity index is 1820. The lowest BCUT2D eigenvalue weighted by molar-refractivity contribution is 0.0866. The van der Waals surface area contributed by atoms with Gasteiger partial charge in [0.1, 0.15) is 11.8 Å². The molecular formula is C33H33Cl2N9. The van der Waals surface area contributed by atoms with Gasteiger partial charge in [0.2, 0.25) is 0 Å². The molecule has 1 aliphatic heterocycles. The number of hydrogen-bond donors (Lipinski definition) is 2. The highest BCUT2D eigenvalue weighted by molar-refractivity contribution is 6.36. The van der Waals surface area contributed by atoms with E-state index >= 15 is 0 Å². The van der Waals surface area contributed by atoms with Gasteiger partial charge in [-0.05, 0) is 57.4 Å². The van der Waals surface area contributed by atoms with Crippen molar-refractivity contribution in [3.05, 3.63) is 100 Å². The van der Waals surface area contributed by atoms with Crippen LogP contribution in [-0.4, -0.2) is 48.5 Å². The molecule has 2 N–H and O–H groups in total. The molecule has 0 unspecified atom stereocenters. The number of hydrogen-bond acceptors (Lipinski definition) is 8. The normalized spacial score (nSPS) is 15.2. The molecule has 0 amide bonds. The van der Waals surface area contributed by atoms with Crippen molar-refractivity contribution in [3.63, 3.8) is 0 Å². The van der Waals surface area contributed by atoms with Crippen LogP contribution in [0.25, 0.3) is 10.9 Å². The first-order valence-electron chi connectivity index (χ1n) is 14.6. The quantitative estimate of drug-likeness (QED) is 0.189. The summed E-state index contributed by atoms with van der Waals surface area (Å²) >= 11 is 13.0. The molecule has 1 atom stereocenters. The van der Waals surface area contributed by atoms with Crippen LogP contribution >= 0.6 is 23.2 Å². The Hall–Kier alpha value is -4.23. The fourth-order valence-corrected chi connectivity index (χ4v) is 6.17. The standard InChI is InChI=1S/C33H33Cl2N9/c1-33(2,3)43-11-9-26(10-12-43)44-20-29(41-42-44)31(21-7-5-4-6-8-21)39-24-14-27-30(40-25-13-23(34)18-37-19-25)22(16-36)17-38-32(27)28(35)15-24/h4-8,13-15,17-20,26,31,39H,9-12H2,1-3H3,(H,38,40)/t31-/m0/s1. The van der Waals surface area contributed by atoms with E-state index in [1.807, 2.05) is 35.0 Å². The maximum Gasteiger partial charge on any atom is 0.109 e. The fourth-order valence-electron chi connectivity index (χ4n) is 5.73. The molecular weight excluding hydrogens is 593 g/mol. The second-order valence-electron chi connectivity index (χ2n) is 12.0. The monoisotopic (exact) mass is 625 g/mol. The van der Waals surface area contributed by atoms with Gasteiger partial charge in [0, 0.05) is 42.1 Å². The van der Waals surface area contributed by atoms with Gasteiger partial charge >= 0.3 is 0 Å². The topological polar surface area (TPSA) is 108 Å². The van der Waals surface area contributed by atoms with Crippen LogP contribution in [-0.2, 0) is 0 Å². The van der Waals surface area contributed by atoms with Gasteiger partial charge in [0.05, 0.1) is 57.0 Å². The Labute approximate surface area is 266 Å². The predicted molar refractivity (Wildman–Crippen MR) is 176 cm³/mol. The molecule has 1 fully saturated rings. The van der Waals surface area contributed by atoms with Crippen molar-refractivity contribution in [3.8, 4) is 6.07 Å². The molecule has 44 heavy (non-hydrogen) atoms. The first kappa shape index (κ1) is 29.8. The van der Waals surface area contributed by atoms with E-state index in [1.54, 1.807) is 18.5 Å². The Morgan fingerprint density at radius 1 is 1.00 bits per heavy atom. The van der Waals surface area contributed by atoms with Crippen LogP contribution in [0.3, 0.4) is 0 Å². The third-order valence-corrected chi connectivity index (χ3v) is 8.57. The summed E-state index contributed by atoms with van der Waals surface area (Å²) in [4.78, 5) is 11.2. The molecule has 2 aromatic carbocycles. The SMILES string of the molecule is CC(C)(C)N1CCC(n2cc([C@@H](Nc3cc(Cl)c4ncc(C#N)c(Nc5cncc(Cl)c5)c4c3)c3ccccc3)nn2)CC1. The Morgan fingerprint density at radius 2 is 1.77 bits per heavy atom. The first-order valence-corrected chi connectivity index (χ1v) is 15.3. The van der Waals surface area contributed by atoms with Crippen molar-refractivity contribution in [1.29, 1.82) is 5.26 Å². The van der Waals surface area contributed by atoms with Gasteiger partial charge in [-0.1, -0.05) is 58.7 Å². The number of likely N-dealkylation sites (tertiary alicyclic amines) is 1. The number of nitriles is 1. The zero-order valence-electron chi connectivity index (χ0n) is 24.8. The number of fused-ring (bicyclic) bond motifs is 1. The lowest BCUT2D eigenvalue weighted by Crippen LogP contribution is -2.46. The number of benzene rings is 2. The third kappa shape index (κ3) is 6.34. The van der Waals surface area contributed by atoms with Crippen LogP contribution < -0.4 is 10.6 Å². The number of halogens is 2. The summed E-state index contributed by atoms with van der Waals surface area (Å²) in [5, 5.41) is 27.7. The number of rotatable bonds is 7. The van der Waals surface area contributed by atoms with Crippen LogP contribution in [0, 0.1) is 11.3 Å². The number of pyridine rings is 2. The molecule has 6 rings (SSSR count). The van der Waals surface area contributed by atoms with E-state index in [0.29, 0.717) is 43.9 Å². The summed E-state index contributed by atoms with van der Waals surface area (Å²) in [5.74, 6) is 0. The van der Waals surface area contributed by atoms with Crippen LogP contribution in [0.1, 0.15) is 62.5 Å². The van der Waals surface area contributed by atoms with E-state index in [2.05, 4.69) is 81.0 Å². The predicted octanol–water partition coefficient (Wildman–Crippen LogP) is 7.78. The fraction of sp³-hybridized carbons (Fsp3) is 0.303. The maximum atomic E-state index is 9.92. The van der Waals surface area contributed by atoms with Crippen LogP contribution in [0.2, 0.25) is 10.0 Å². The summed E-state index contributed by atoms with van der Waals surface area (Å²) in [6.07, 6.45) is 8.81. The molecule has 3 aromatic heterocycles. The highest BCUT2D eigenvalue weighted by Crippen LogP contribution is 2.37. The van der Waals surface area contributed by atoms with E-state index in [4.69, 9.17) is 23.2 Å². The average molecular weight is 627 g/mol. The van der Waals surface area contributed by atoms with Gasteiger partial charge in [0.25, 0.3) is 0 Å². The molecule has 4 heterocycles. The lowest BCUT2D eigenvalue weighted by Gasteiger charge is -2.40. The largest absolute Gasteiger partial charge is 0.373 e. The van der Waals surface area contributed by atoms with E-state index in [9.17, 15) is 5.26 Å². The van der Waals surface area contributed by atoms with Gasteiger partial charge in [-0.15, -0.1) is 5.10 Å². The highest BCUT2D eigenvalue weighted by atomic mass is 35.5. The van der Waals surface area contributed by atoms with Crippen molar-refractivity contribution >= 4 is 51.2 Å². The first-order chi connectivity index (χ1) is 21.2. The minimum atomic E-state index is -0.297. The van der Waals surface area contributed by atoms with Gasteiger partial charge in [0.15, 0.2) is 0 Å². The van der Waals surface area contributed by atoms with Crippen LogP contribution in [0.15, 0.2) is 73.3 Å². The summed E-state index contributed by atoms with van der Waals surface area (Å²) in [7, 11) is 0. The molecule has 0 radical (unpaired) electrons. The minimum Gasteiger partial charge on any atom is -0.373 e. The zero-order chi connectivity index (χ0) is 30.8. The van der Waals surface area contributed by atoms with E-state index in [0.717, 1.165) is 42.9 Å². The Morgan fingerprint density at radius 3 is 2.48 bits per heavy atom. The van der Waals surface area contributed by atoms with E-state index < -0.39 is 0 Å². The Balaban J connectivity index is 1.35. The number of piperidine rings is 1. The minimum absolute atomic E-state index is 0.159. The number of nitrogens with zero attached hydrogens (tertiary/aromatic N) is 7. The van der Waals surface area contributed by atoms with Crippen molar-refractivity contribution in [2.45, 2.75) is 51.2 Å². The summed E-state index contributed by atoms with van der Waals surface area (Å²) < 4.78 is 2.02. The number of nitrogens with one attached hydrogen (secondary N) is 2. The van der Waals surface area contributed by atoms with E-state index in [-0.39, 0.29) is 11.6 Å². The third-order valence-electron chi connectivity index (χ3n) is 8.07. The molecule has 0 bridgehead atoms. The highest BCUT2D eigenvalue weighted by Gasteiger charge is 2.29. The molecule has 0 saturated carbocycles. The van der Waals surface area contributed by atoms with Crippen molar-refractivity contribution in [2.24, 2.45) is 0 Å². The second-order valence-corrected chi connectivity index (χ2v) is 12.9. The van der Waals surface area contributed by atoms with Gasteiger partial charge in [-0.2, -0.15) is 5.26 Å². The van der Waals surface area contributed by atoms with E-state index in [1.165, 1.54) is 6.20 Å². The van der Waals surface area contributed by atoms with Crippen molar-refractivity contribution in [2.75, 3.05) is 23.7 Å². The second kappa shape index (κ2) is 12.4. The average Bonchev–Trinajstić information content (AvgIpc) is 3.50. The van der Waals surface area contributed by atoms with Crippen molar-refractivity contribution in [1.82, 2.24) is 29.9 Å². The number of anilines is 3.